The van der Waals surface area contributed by atoms with Crippen LogP contribution in [0, 0.1) is 10.1 Å². The maximum absolute atomic E-state index is 12.1. The van der Waals surface area contributed by atoms with Crippen molar-refractivity contribution in [2.75, 3.05) is 11.9 Å². The minimum Gasteiger partial charge on any atom is -0.359 e. The summed E-state index contributed by atoms with van der Waals surface area (Å²) in [6.07, 6.45) is 1.80. The van der Waals surface area contributed by atoms with E-state index in [0.29, 0.717) is 19.5 Å². The fourth-order valence-corrected chi connectivity index (χ4v) is 2.67. The topological polar surface area (TPSA) is 88.4 Å². The summed E-state index contributed by atoms with van der Waals surface area (Å²) in [5.41, 5.74) is 0.978. The second-order valence-corrected chi connectivity index (χ2v) is 5.43. The predicted octanol–water partition coefficient (Wildman–Crippen LogP) is 2.20. The predicted molar refractivity (Wildman–Crippen MR) is 84.8 cm³/mol. The lowest BCUT2D eigenvalue weighted by Crippen LogP contribution is -2.27. The van der Waals surface area contributed by atoms with Crippen LogP contribution in [0.15, 0.2) is 48.7 Å². The van der Waals surface area contributed by atoms with Gasteiger partial charge in [0.15, 0.2) is 0 Å². The molecule has 23 heavy (non-hydrogen) atoms. The second-order valence-electron chi connectivity index (χ2n) is 5.43. The molecule has 1 unspecified atom stereocenters. The van der Waals surface area contributed by atoms with Crippen molar-refractivity contribution in [2.24, 2.45) is 0 Å². The van der Waals surface area contributed by atoms with Crippen molar-refractivity contribution in [3.05, 3.63) is 64.3 Å². The molecule has 2 aromatic rings. The quantitative estimate of drug-likeness (QED) is 0.675. The van der Waals surface area contributed by atoms with E-state index in [0.717, 1.165) is 5.56 Å². The van der Waals surface area contributed by atoms with Gasteiger partial charge in [-0.2, -0.15) is 0 Å². The van der Waals surface area contributed by atoms with E-state index in [-0.39, 0.29) is 23.5 Å². The Kier molecular flexibility index (Phi) is 4.18. The lowest BCUT2D eigenvalue weighted by molar-refractivity contribution is -0.384. The zero-order valence-electron chi connectivity index (χ0n) is 12.4. The highest BCUT2D eigenvalue weighted by atomic mass is 16.6. The van der Waals surface area contributed by atoms with Gasteiger partial charge in [0.1, 0.15) is 0 Å². The Bertz CT molecular complexity index is 720. The third-order valence-electron chi connectivity index (χ3n) is 3.75. The standard InChI is InChI=1S/C16H16N4O3/c21-15-9-13(11-19(15)10-12-5-2-1-3-6-12)18-16-14(20(22)23)7-4-8-17-16/h1-8,13H,9-11H2,(H,17,18). The number of nitrogens with zero attached hydrogens (tertiary/aromatic N) is 3. The molecule has 118 valence electrons. The molecule has 7 nitrogen and oxygen atoms in total. The van der Waals surface area contributed by atoms with Gasteiger partial charge in [-0.15, -0.1) is 0 Å². The Balaban J connectivity index is 1.67. The number of nitrogens with one attached hydrogen (secondary N) is 1. The third-order valence-corrected chi connectivity index (χ3v) is 3.75. The van der Waals surface area contributed by atoms with E-state index in [1.165, 1.54) is 18.3 Å². The van der Waals surface area contributed by atoms with Crippen LogP contribution in [0.2, 0.25) is 0 Å². The largest absolute Gasteiger partial charge is 0.359 e. The zero-order chi connectivity index (χ0) is 16.2. The average Bonchev–Trinajstić information content (AvgIpc) is 2.88. The van der Waals surface area contributed by atoms with Crippen LogP contribution in [0.5, 0.6) is 0 Å². The number of hydrogen-bond acceptors (Lipinski definition) is 5. The van der Waals surface area contributed by atoms with Gasteiger partial charge in [-0.25, -0.2) is 4.98 Å². The number of carbonyl (C=O) groups excluding carboxylic acids is 1. The highest BCUT2D eigenvalue weighted by molar-refractivity contribution is 5.80. The highest BCUT2D eigenvalue weighted by Crippen LogP contribution is 2.24. The van der Waals surface area contributed by atoms with Crippen LogP contribution < -0.4 is 5.32 Å². The molecule has 7 heteroatoms. The molecule has 1 N–H and O–H groups in total. The lowest BCUT2D eigenvalue weighted by Gasteiger charge is -2.17. The molecule has 1 saturated heterocycles. The summed E-state index contributed by atoms with van der Waals surface area (Å²) < 4.78 is 0. The first-order valence-electron chi connectivity index (χ1n) is 7.31. The molecule has 0 aliphatic carbocycles. The second kappa shape index (κ2) is 6.43. The Morgan fingerprint density at radius 1 is 1.26 bits per heavy atom. The summed E-state index contributed by atoms with van der Waals surface area (Å²) in [5, 5.41) is 14.0. The number of likely N-dealkylation sites (tertiary alicyclic amines) is 1. The van der Waals surface area contributed by atoms with Crippen LogP contribution in [0.1, 0.15) is 12.0 Å². The molecule has 1 aromatic heterocycles. The molecule has 2 heterocycles. The number of nitro groups is 1. The molecule has 0 radical (unpaired) electrons. The van der Waals surface area contributed by atoms with Crippen molar-refractivity contribution in [3.8, 4) is 0 Å². The summed E-state index contributed by atoms with van der Waals surface area (Å²) in [4.78, 5) is 28.4. The number of amides is 1. The monoisotopic (exact) mass is 312 g/mol. The van der Waals surface area contributed by atoms with E-state index >= 15 is 0 Å². The van der Waals surface area contributed by atoms with Gasteiger partial charge >= 0.3 is 5.69 Å². The summed E-state index contributed by atoms with van der Waals surface area (Å²) >= 11 is 0. The van der Waals surface area contributed by atoms with Crippen LogP contribution in [0.4, 0.5) is 11.5 Å². The first kappa shape index (κ1) is 15.0. The molecule has 1 amide bonds. The van der Waals surface area contributed by atoms with Crippen molar-refractivity contribution in [1.82, 2.24) is 9.88 Å². The van der Waals surface area contributed by atoms with E-state index in [9.17, 15) is 14.9 Å². The molecule has 1 aliphatic rings. The summed E-state index contributed by atoms with van der Waals surface area (Å²) in [5.74, 6) is 0.238. The van der Waals surface area contributed by atoms with Crippen LogP contribution >= 0.6 is 0 Å². The lowest BCUT2D eigenvalue weighted by atomic mass is 10.2. The van der Waals surface area contributed by atoms with Crippen LogP contribution in [-0.2, 0) is 11.3 Å². The van der Waals surface area contributed by atoms with Crippen molar-refractivity contribution < 1.29 is 9.72 Å². The van der Waals surface area contributed by atoms with E-state index in [4.69, 9.17) is 0 Å². The van der Waals surface area contributed by atoms with E-state index < -0.39 is 4.92 Å². The maximum Gasteiger partial charge on any atom is 0.311 e. The Hall–Kier alpha value is -2.96. The molecule has 1 aromatic carbocycles. The summed E-state index contributed by atoms with van der Waals surface area (Å²) in [6.45, 7) is 1.05. The number of anilines is 1. The average molecular weight is 312 g/mol. The van der Waals surface area contributed by atoms with Gasteiger partial charge in [0, 0.05) is 31.8 Å². The fourth-order valence-electron chi connectivity index (χ4n) is 2.67. The van der Waals surface area contributed by atoms with E-state index in [1.54, 1.807) is 4.90 Å². The Morgan fingerprint density at radius 3 is 2.78 bits per heavy atom. The van der Waals surface area contributed by atoms with Gasteiger partial charge in [-0.3, -0.25) is 14.9 Å². The van der Waals surface area contributed by atoms with Gasteiger partial charge in [-0.05, 0) is 11.6 Å². The number of pyridine rings is 1. The van der Waals surface area contributed by atoms with Gasteiger partial charge in [-0.1, -0.05) is 30.3 Å². The first-order valence-corrected chi connectivity index (χ1v) is 7.31. The molecule has 0 bridgehead atoms. The molecule has 3 rings (SSSR count). The van der Waals surface area contributed by atoms with Crippen LogP contribution in [0.3, 0.4) is 0 Å². The molecular formula is C16H16N4O3. The van der Waals surface area contributed by atoms with Gasteiger partial charge in [0.05, 0.1) is 11.0 Å². The SMILES string of the molecule is O=C1CC(Nc2ncccc2[N+](=O)[O-])CN1Cc1ccccc1. The number of rotatable bonds is 5. The summed E-state index contributed by atoms with van der Waals surface area (Å²) in [6, 6.07) is 12.5. The third kappa shape index (κ3) is 3.45. The molecule has 0 spiro atoms. The van der Waals surface area contributed by atoms with Crippen LogP contribution in [0.25, 0.3) is 0 Å². The number of carbonyl (C=O) groups is 1. The minimum atomic E-state index is -0.478. The van der Waals surface area contributed by atoms with Crippen LogP contribution in [-0.4, -0.2) is 33.3 Å². The molecular weight excluding hydrogens is 296 g/mol. The first-order chi connectivity index (χ1) is 11.1. The van der Waals surface area contributed by atoms with Crippen molar-refractivity contribution >= 4 is 17.4 Å². The zero-order valence-corrected chi connectivity index (χ0v) is 12.4. The number of aromatic nitrogens is 1. The maximum atomic E-state index is 12.1. The van der Waals surface area contributed by atoms with Crippen molar-refractivity contribution in [1.29, 1.82) is 0 Å². The van der Waals surface area contributed by atoms with Gasteiger partial charge in [0.2, 0.25) is 11.7 Å². The molecule has 1 atom stereocenters. The summed E-state index contributed by atoms with van der Waals surface area (Å²) in [7, 11) is 0. The van der Waals surface area contributed by atoms with E-state index in [2.05, 4.69) is 10.3 Å². The molecule has 1 aliphatic heterocycles. The van der Waals surface area contributed by atoms with Gasteiger partial charge < -0.3 is 10.2 Å². The van der Waals surface area contributed by atoms with Crippen molar-refractivity contribution in [2.45, 2.75) is 19.0 Å². The number of hydrogen-bond donors (Lipinski definition) is 1. The van der Waals surface area contributed by atoms with Gasteiger partial charge in [0.25, 0.3) is 0 Å². The normalized spacial score (nSPS) is 17.3. The fraction of sp³-hybridized carbons (Fsp3) is 0.250. The highest BCUT2D eigenvalue weighted by Gasteiger charge is 2.31. The Morgan fingerprint density at radius 2 is 2.04 bits per heavy atom. The van der Waals surface area contributed by atoms with Crippen molar-refractivity contribution in [3.63, 3.8) is 0 Å². The Labute approximate surface area is 133 Å². The smallest absolute Gasteiger partial charge is 0.311 e. The molecule has 1 fully saturated rings. The minimum absolute atomic E-state index is 0.0323. The van der Waals surface area contributed by atoms with E-state index in [1.807, 2.05) is 30.3 Å². The number of benzene rings is 1. The molecule has 0 saturated carbocycles.